The molecule has 1 N–H and O–H groups in total. The molecule has 0 saturated heterocycles. The lowest BCUT2D eigenvalue weighted by Crippen LogP contribution is -2.17. The Hall–Kier alpha value is -1.01. The molecule has 0 spiro atoms. The number of hydrogen-bond donors (Lipinski definition) is 1. The summed E-state index contributed by atoms with van der Waals surface area (Å²) in [7, 11) is 1.26. The number of carbonyl (C=O) groups excluding carboxylic acids is 1. The summed E-state index contributed by atoms with van der Waals surface area (Å²) in [6.07, 6.45) is 0.982. The van der Waals surface area contributed by atoms with Crippen molar-refractivity contribution in [3.8, 4) is 11.8 Å². The molecule has 0 unspecified atom stereocenters. The Bertz CT molecular complexity index is 208. The van der Waals surface area contributed by atoms with Gasteiger partial charge in [0.1, 0.15) is 6.10 Å². The van der Waals surface area contributed by atoms with Gasteiger partial charge in [-0.2, -0.15) is 0 Å². The van der Waals surface area contributed by atoms with Gasteiger partial charge in [-0.05, 0) is 18.8 Å². The van der Waals surface area contributed by atoms with E-state index in [0.29, 0.717) is 0 Å². The van der Waals surface area contributed by atoms with E-state index >= 15 is 0 Å². The molecule has 3 nitrogen and oxygen atoms in total. The van der Waals surface area contributed by atoms with E-state index in [2.05, 4.69) is 16.6 Å². The van der Waals surface area contributed by atoms with Crippen molar-refractivity contribution in [2.24, 2.45) is 5.92 Å². The molecule has 0 aromatic carbocycles. The summed E-state index contributed by atoms with van der Waals surface area (Å²) in [6, 6.07) is 0. The fraction of sp³-hybridized carbons (Fsp3) is 0.700. The molecule has 0 amide bonds. The number of methoxy groups -OCH3 is 1. The number of hydrogen-bond acceptors (Lipinski definition) is 3. The van der Waals surface area contributed by atoms with Crippen molar-refractivity contribution < 1.29 is 14.6 Å². The Morgan fingerprint density at radius 2 is 2.00 bits per heavy atom. The Labute approximate surface area is 79.1 Å². The van der Waals surface area contributed by atoms with E-state index in [0.717, 1.165) is 12.8 Å². The van der Waals surface area contributed by atoms with Crippen molar-refractivity contribution >= 4 is 5.97 Å². The predicted octanol–water partition coefficient (Wildman–Crippen LogP) is 0.960. The lowest BCUT2D eigenvalue weighted by Gasteiger charge is -2.13. The van der Waals surface area contributed by atoms with Crippen molar-refractivity contribution in [2.75, 3.05) is 7.11 Å². The van der Waals surface area contributed by atoms with Crippen molar-refractivity contribution in [3.63, 3.8) is 0 Å². The van der Waals surface area contributed by atoms with Gasteiger partial charge in [-0.15, -0.1) is 0 Å². The van der Waals surface area contributed by atoms with Gasteiger partial charge in [0.25, 0.3) is 0 Å². The molecule has 3 heteroatoms. The fourth-order valence-corrected chi connectivity index (χ4v) is 1.04. The standard InChI is InChI=1S/C10H16O3/c1-4-8(5-2)9(11)6-7-10(12)13-3/h8-9,11H,4-5H2,1-3H3/t9-/m1/s1. The predicted molar refractivity (Wildman–Crippen MR) is 49.9 cm³/mol. The van der Waals surface area contributed by atoms with Gasteiger partial charge in [0.05, 0.1) is 7.11 Å². The second-order valence-corrected chi connectivity index (χ2v) is 2.78. The first-order valence-electron chi connectivity index (χ1n) is 4.43. The first kappa shape index (κ1) is 12.0. The molecule has 0 aliphatic heterocycles. The van der Waals surface area contributed by atoms with Crippen LogP contribution in [-0.4, -0.2) is 24.3 Å². The molecule has 0 aliphatic rings. The van der Waals surface area contributed by atoms with E-state index in [9.17, 15) is 9.90 Å². The van der Waals surface area contributed by atoms with Gasteiger partial charge in [0.15, 0.2) is 0 Å². The third-order valence-corrected chi connectivity index (χ3v) is 2.00. The molecule has 0 aliphatic carbocycles. The number of aliphatic hydroxyl groups is 1. The minimum Gasteiger partial charge on any atom is -0.459 e. The van der Waals surface area contributed by atoms with Crippen molar-refractivity contribution in [1.29, 1.82) is 0 Å². The van der Waals surface area contributed by atoms with Crippen molar-refractivity contribution in [3.05, 3.63) is 0 Å². The zero-order chi connectivity index (χ0) is 10.3. The Kier molecular flexibility index (Phi) is 5.99. The monoisotopic (exact) mass is 184 g/mol. The maximum atomic E-state index is 10.6. The number of rotatable bonds is 3. The highest BCUT2D eigenvalue weighted by Crippen LogP contribution is 2.11. The Morgan fingerprint density at radius 1 is 1.46 bits per heavy atom. The molecule has 0 fully saturated rings. The maximum absolute atomic E-state index is 10.6. The molecule has 0 aromatic rings. The van der Waals surface area contributed by atoms with Gasteiger partial charge in [-0.3, -0.25) is 0 Å². The zero-order valence-electron chi connectivity index (χ0n) is 8.33. The van der Waals surface area contributed by atoms with Crippen LogP contribution in [0.25, 0.3) is 0 Å². The summed E-state index contributed by atoms with van der Waals surface area (Å²) in [5, 5.41) is 9.47. The molecule has 1 atom stereocenters. The van der Waals surface area contributed by atoms with Gasteiger partial charge in [-0.25, -0.2) is 4.79 Å². The van der Waals surface area contributed by atoms with Crippen LogP contribution in [0.3, 0.4) is 0 Å². The molecule has 0 heterocycles. The maximum Gasteiger partial charge on any atom is 0.384 e. The second-order valence-electron chi connectivity index (χ2n) is 2.78. The van der Waals surface area contributed by atoms with Crippen LogP contribution >= 0.6 is 0 Å². The number of esters is 1. The summed E-state index contributed by atoms with van der Waals surface area (Å²) in [4.78, 5) is 10.6. The second kappa shape index (κ2) is 6.50. The molecule has 0 rings (SSSR count). The summed E-state index contributed by atoms with van der Waals surface area (Å²) in [5.74, 6) is 4.22. The van der Waals surface area contributed by atoms with Crippen molar-refractivity contribution in [1.82, 2.24) is 0 Å². The third kappa shape index (κ3) is 4.54. The number of ether oxygens (including phenoxy) is 1. The first-order chi connectivity index (χ1) is 6.15. The molecule has 0 aromatic heterocycles. The molecule has 0 radical (unpaired) electrons. The van der Waals surface area contributed by atoms with Gasteiger partial charge in [0, 0.05) is 5.92 Å². The van der Waals surface area contributed by atoms with E-state index in [1.165, 1.54) is 7.11 Å². The topological polar surface area (TPSA) is 46.5 Å². The minimum absolute atomic E-state index is 0.136. The highest BCUT2D eigenvalue weighted by molar-refractivity contribution is 5.88. The molecule has 74 valence electrons. The van der Waals surface area contributed by atoms with Crippen LogP contribution in [-0.2, 0) is 9.53 Å². The summed E-state index contributed by atoms with van der Waals surface area (Å²) in [6.45, 7) is 3.97. The van der Waals surface area contributed by atoms with E-state index < -0.39 is 12.1 Å². The van der Waals surface area contributed by atoms with E-state index in [4.69, 9.17) is 0 Å². The van der Waals surface area contributed by atoms with Crippen LogP contribution in [0.5, 0.6) is 0 Å². The van der Waals surface area contributed by atoms with Gasteiger partial charge in [0.2, 0.25) is 0 Å². The van der Waals surface area contributed by atoms with E-state index in [1.54, 1.807) is 0 Å². The molecule has 13 heavy (non-hydrogen) atoms. The minimum atomic E-state index is -0.728. The zero-order valence-corrected chi connectivity index (χ0v) is 8.33. The number of carbonyl (C=O) groups is 1. The fourth-order valence-electron chi connectivity index (χ4n) is 1.04. The van der Waals surface area contributed by atoms with E-state index in [1.807, 2.05) is 13.8 Å². The van der Waals surface area contributed by atoms with Crippen LogP contribution in [0.4, 0.5) is 0 Å². The van der Waals surface area contributed by atoms with Gasteiger partial charge < -0.3 is 9.84 Å². The lowest BCUT2D eigenvalue weighted by atomic mass is 9.97. The van der Waals surface area contributed by atoms with Gasteiger partial charge >= 0.3 is 5.97 Å². The normalized spacial score (nSPS) is 11.8. The average Bonchev–Trinajstić information content (AvgIpc) is 2.16. The summed E-state index contributed by atoms with van der Waals surface area (Å²) in [5.41, 5.74) is 0. The highest BCUT2D eigenvalue weighted by Gasteiger charge is 2.12. The van der Waals surface area contributed by atoms with Crippen LogP contribution in [0.2, 0.25) is 0 Å². The van der Waals surface area contributed by atoms with E-state index in [-0.39, 0.29) is 5.92 Å². The van der Waals surface area contributed by atoms with Crippen LogP contribution in [0.15, 0.2) is 0 Å². The SMILES string of the molecule is CCC(CC)[C@H](O)C#CC(=O)OC. The molecule has 0 bridgehead atoms. The molecular formula is C10H16O3. The molecule has 0 saturated carbocycles. The van der Waals surface area contributed by atoms with Crippen LogP contribution in [0, 0.1) is 17.8 Å². The lowest BCUT2D eigenvalue weighted by molar-refractivity contribution is -0.133. The number of aliphatic hydroxyl groups excluding tert-OH is 1. The average molecular weight is 184 g/mol. The largest absolute Gasteiger partial charge is 0.459 e. The molecular weight excluding hydrogens is 168 g/mol. The summed E-state index contributed by atoms with van der Waals surface area (Å²) >= 11 is 0. The summed E-state index contributed by atoms with van der Waals surface area (Å²) < 4.78 is 4.32. The Balaban J connectivity index is 4.15. The van der Waals surface area contributed by atoms with Crippen LogP contribution < -0.4 is 0 Å². The smallest absolute Gasteiger partial charge is 0.384 e. The highest BCUT2D eigenvalue weighted by atomic mass is 16.5. The first-order valence-corrected chi connectivity index (χ1v) is 4.43. The quantitative estimate of drug-likeness (QED) is 0.403. The van der Waals surface area contributed by atoms with Crippen molar-refractivity contribution in [2.45, 2.75) is 32.8 Å². The van der Waals surface area contributed by atoms with Crippen LogP contribution in [0.1, 0.15) is 26.7 Å². The van der Waals surface area contributed by atoms with Gasteiger partial charge in [-0.1, -0.05) is 19.8 Å². The third-order valence-electron chi connectivity index (χ3n) is 2.00. The Morgan fingerprint density at radius 3 is 2.38 bits per heavy atom.